The van der Waals surface area contributed by atoms with Crippen molar-refractivity contribution >= 4 is 0 Å². The number of ether oxygens (including phenoxy) is 1. The summed E-state index contributed by atoms with van der Waals surface area (Å²) in [6.45, 7) is 2.15. The smallest absolute Gasteiger partial charge is 0.280 e. The van der Waals surface area contributed by atoms with E-state index < -0.39 is 6.10 Å². The predicted molar refractivity (Wildman–Crippen MR) is 55.8 cm³/mol. The molecule has 1 N–H and O–H groups in total. The Morgan fingerprint density at radius 3 is 2.94 bits per heavy atom. The Kier molecular flexibility index (Phi) is 3.50. The molecule has 0 aromatic carbocycles. The first-order chi connectivity index (χ1) is 8.24. The van der Waals surface area contributed by atoms with Crippen molar-refractivity contribution in [2.45, 2.75) is 26.1 Å². The highest BCUT2D eigenvalue weighted by molar-refractivity contribution is 5.45. The minimum absolute atomic E-state index is 0.221. The zero-order valence-electron chi connectivity index (χ0n) is 9.58. The maximum absolute atomic E-state index is 9.53. The van der Waals surface area contributed by atoms with Crippen LogP contribution < -0.4 is 0 Å². The molecule has 17 heavy (non-hydrogen) atoms. The van der Waals surface area contributed by atoms with Crippen LogP contribution in [0.15, 0.2) is 15.1 Å². The molecule has 0 saturated heterocycles. The van der Waals surface area contributed by atoms with Crippen molar-refractivity contribution in [3.05, 3.63) is 17.7 Å². The molecule has 0 aliphatic heterocycles. The number of aliphatic hydroxyl groups excluding tert-OH is 1. The molecule has 2 aromatic heterocycles. The van der Waals surface area contributed by atoms with Crippen LogP contribution in [0.5, 0.6) is 0 Å². The highest BCUT2D eigenvalue weighted by Gasteiger charge is 2.17. The summed E-state index contributed by atoms with van der Waals surface area (Å²) in [6.07, 6.45) is -0.204. The van der Waals surface area contributed by atoms with Gasteiger partial charge in [0.15, 0.2) is 11.5 Å². The summed E-state index contributed by atoms with van der Waals surface area (Å²) in [6, 6.07) is 1.65. The van der Waals surface area contributed by atoms with Crippen molar-refractivity contribution in [3.63, 3.8) is 0 Å². The molecule has 0 bridgehead atoms. The van der Waals surface area contributed by atoms with Gasteiger partial charge in [0.1, 0.15) is 12.7 Å². The van der Waals surface area contributed by atoms with Crippen LogP contribution in [0.4, 0.5) is 0 Å². The largest absolute Gasteiger partial charge is 0.385 e. The zero-order valence-corrected chi connectivity index (χ0v) is 9.58. The van der Waals surface area contributed by atoms with Crippen molar-refractivity contribution in [2.24, 2.45) is 0 Å². The Morgan fingerprint density at radius 1 is 1.41 bits per heavy atom. The van der Waals surface area contributed by atoms with Crippen LogP contribution in [0.1, 0.15) is 31.0 Å². The highest BCUT2D eigenvalue weighted by Crippen LogP contribution is 2.20. The number of rotatable bonds is 5. The summed E-state index contributed by atoms with van der Waals surface area (Å²) in [5, 5.41) is 17.0. The van der Waals surface area contributed by atoms with E-state index in [1.165, 1.54) is 0 Å². The molecule has 1 unspecified atom stereocenters. The molecule has 7 heteroatoms. The van der Waals surface area contributed by atoms with E-state index in [1.54, 1.807) is 13.2 Å². The minimum Gasteiger partial charge on any atom is -0.385 e. The van der Waals surface area contributed by atoms with Crippen molar-refractivity contribution in [3.8, 4) is 11.6 Å². The Bertz CT molecular complexity index is 479. The molecule has 0 amide bonds. The molecule has 2 aromatic rings. The second-order valence-electron chi connectivity index (χ2n) is 3.49. The van der Waals surface area contributed by atoms with Gasteiger partial charge in [-0.3, -0.25) is 0 Å². The van der Waals surface area contributed by atoms with Gasteiger partial charge < -0.3 is 18.9 Å². The fraction of sp³-hybridized carbons (Fsp3) is 0.500. The van der Waals surface area contributed by atoms with Crippen LogP contribution in [0, 0.1) is 0 Å². The first kappa shape index (κ1) is 11.7. The van der Waals surface area contributed by atoms with Crippen LogP contribution >= 0.6 is 0 Å². The second-order valence-corrected chi connectivity index (χ2v) is 3.49. The Balaban J connectivity index is 2.18. The van der Waals surface area contributed by atoms with Gasteiger partial charge in [-0.15, -0.1) is 0 Å². The lowest BCUT2D eigenvalue weighted by Crippen LogP contribution is -1.97. The topological polar surface area (TPSA) is 94.4 Å². The number of hydrogen-bond acceptors (Lipinski definition) is 7. The van der Waals surface area contributed by atoms with Gasteiger partial charge >= 0.3 is 0 Å². The minimum atomic E-state index is -0.724. The summed E-state index contributed by atoms with van der Waals surface area (Å²) in [5.41, 5.74) is 0.430. The maximum atomic E-state index is 9.53. The van der Waals surface area contributed by atoms with Crippen molar-refractivity contribution < 1.29 is 18.9 Å². The average Bonchev–Trinajstić information content (AvgIpc) is 2.96. The molecule has 7 nitrogen and oxygen atoms in total. The van der Waals surface area contributed by atoms with Crippen LogP contribution in [-0.4, -0.2) is 27.5 Å². The first-order valence-electron chi connectivity index (χ1n) is 5.21. The van der Waals surface area contributed by atoms with Gasteiger partial charge in [-0.2, -0.15) is 4.98 Å². The lowest BCUT2D eigenvalue weighted by atomic mass is 10.3. The van der Waals surface area contributed by atoms with Crippen LogP contribution in [-0.2, 0) is 11.3 Å². The standard InChI is InChI=1S/C10H13N3O4/c1-3-8(14)9-11-10(17-13-9)7-4-6(5-15-2)16-12-7/h4,8,14H,3,5H2,1-2H3. The van der Waals surface area contributed by atoms with Crippen LogP contribution in [0.25, 0.3) is 11.6 Å². The zero-order chi connectivity index (χ0) is 12.3. The molecule has 0 fully saturated rings. The van der Waals surface area contributed by atoms with Gasteiger partial charge in [-0.25, -0.2) is 0 Å². The first-order valence-corrected chi connectivity index (χ1v) is 5.21. The molecular weight excluding hydrogens is 226 g/mol. The third kappa shape index (κ3) is 2.51. The van der Waals surface area contributed by atoms with E-state index in [0.29, 0.717) is 24.5 Å². The number of aliphatic hydroxyl groups is 1. The van der Waals surface area contributed by atoms with Crippen LogP contribution in [0.2, 0.25) is 0 Å². The van der Waals surface area contributed by atoms with Crippen molar-refractivity contribution in [2.75, 3.05) is 7.11 Å². The fourth-order valence-corrected chi connectivity index (χ4v) is 1.28. The normalized spacial score (nSPS) is 12.9. The number of hydrogen-bond donors (Lipinski definition) is 1. The van der Waals surface area contributed by atoms with E-state index >= 15 is 0 Å². The lowest BCUT2D eigenvalue weighted by Gasteiger charge is -1.97. The average molecular weight is 239 g/mol. The number of nitrogens with zero attached hydrogens (tertiary/aromatic N) is 3. The van der Waals surface area contributed by atoms with E-state index in [4.69, 9.17) is 13.8 Å². The van der Waals surface area contributed by atoms with Gasteiger partial charge in [0.25, 0.3) is 5.89 Å². The van der Waals surface area contributed by atoms with Crippen molar-refractivity contribution in [1.29, 1.82) is 0 Å². The van der Waals surface area contributed by atoms with Crippen LogP contribution in [0.3, 0.4) is 0 Å². The summed E-state index contributed by atoms with van der Waals surface area (Å²) in [4.78, 5) is 4.03. The molecule has 0 aliphatic carbocycles. The quantitative estimate of drug-likeness (QED) is 0.840. The third-order valence-corrected chi connectivity index (χ3v) is 2.19. The van der Waals surface area contributed by atoms with Gasteiger partial charge in [0, 0.05) is 13.2 Å². The van der Waals surface area contributed by atoms with E-state index in [9.17, 15) is 5.11 Å². The monoisotopic (exact) mass is 239 g/mol. The Morgan fingerprint density at radius 2 is 2.24 bits per heavy atom. The molecule has 1 atom stereocenters. The summed E-state index contributed by atoms with van der Waals surface area (Å²) < 4.78 is 14.9. The Labute approximate surface area is 97.4 Å². The third-order valence-electron chi connectivity index (χ3n) is 2.19. The fourth-order valence-electron chi connectivity index (χ4n) is 1.28. The summed E-state index contributed by atoms with van der Waals surface area (Å²) in [7, 11) is 1.56. The van der Waals surface area contributed by atoms with Gasteiger partial charge in [-0.05, 0) is 6.42 Å². The Hall–Kier alpha value is -1.73. The number of methoxy groups -OCH3 is 1. The van der Waals surface area contributed by atoms with Gasteiger partial charge in [0.2, 0.25) is 5.82 Å². The molecule has 0 saturated carbocycles. The maximum Gasteiger partial charge on any atom is 0.280 e. The predicted octanol–water partition coefficient (Wildman–Crippen LogP) is 1.31. The lowest BCUT2D eigenvalue weighted by molar-refractivity contribution is 0.156. The van der Waals surface area contributed by atoms with E-state index in [2.05, 4.69) is 15.3 Å². The molecule has 0 spiro atoms. The summed E-state index contributed by atoms with van der Waals surface area (Å²) in [5.74, 6) is 1.04. The molecule has 2 rings (SSSR count). The SMILES string of the molecule is CCC(O)c1noc(-c2cc(COC)on2)n1. The van der Waals surface area contributed by atoms with E-state index in [1.807, 2.05) is 6.92 Å². The number of aromatic nitrogens is 3. The van der Waals surface area contributed by atoms with E-state index in [-0.39, 0.29) is 11.7 Å². The van der Waals surface area contributed by atoms with Gasteiger partial charge in [-0.1, -0.05) is 17.2 Å². The molecule has 92 valence electrons. The molecule has 0 aliphatic rings. The molecular formula is C10H13N3O4. The summed E-state index contributed by atoms with van der Waals surface area (Å²) >= 11 is 0. The molecule has 0 radical (unpaired) electrons. The molecule has 2 heterocycles. The van der Waals surface area contributed by atoms with Crippen molar-refractivity contribution in [1.82, 2.24) is 15.3 Å². The van der Waals surface area contributed by atoms with E-state index in [0.717, 1.165) is 0 Å². The highest BCUT2D eigenvalue weighted by atomic mass is 16.5. The van der Waals surface area contributed by atoms with Gasteiger partial charge in [0.05, 0.1) is 0 Å². The second kappa shape index (κ2) is 5.07.